The number of hydrogen-bond donors (Lipinski definition) is 1. The van der Waals surface area contributed by atoms with Gasteiger partial charge in [0.15, 0.2) is 0 Å². The zero-order valence-electron chi connectivity index (χ0n) is 12.5. The van der Waals surface area contributed by atoms with Crippen LogP contribution >= 0.6 is 23.2 Å². The van der Waals surface area contributed by atoms with Crippen molar-refractivity contribution in [1.29, 1.82) is 0 Å². The maximum Gasteiger partial charge on any atom is 0.0595 e. The molecule has 1 saturated carbocycles. The second kappa shape index (κ2) is 6.65. The van der Waals surface area contributed by atoms with Crippen molar-refractivity contribution in [3.05, 3.63) is 33.8 Å². The molecule has 1 aliphatic rings. The van der Waals surface area contributed by atoms with Crippen molar-refractivity contribution in [2.24, 2.45) is 0 Å². The van der Waals surface area contributed by atoms with Crippen molar-refractivity contribution in [2.75, 3.05) is 20.6 Å². The van der Waals surface area contributed by atoms with E-state index in [2.05, 4.69) is 37.3 Å². The van der Waals surface area contributed by atoms with Gasteiger partial charge in [-0.3, -0.25) is 0 Å². The van der Waals surface area contributed by atoms with Gasteiger partial charge in [0.05, 0.1) is 10.0 Å². The van der Waals surface area contributed by atoms with Crippen LogP contribution in [0.2, 0.25) is 10.0 Å². The van der Waals surface area contributed by atoms with Crippen molar-refractivity contribution < 1.29 is 0 Å². The van der Waals surface area contributed by atoms with Crippen LogP contribution in [0.5, 0.6) is 0 Å². The molecule has 0 heterocycles. The highest BCUT2D eigenvalue weighted by atomic mass is 35.5. The van der Waals surface area contributed by atoms with Crippen LogP contribution in [0.1, 0.15) is 44.2 Å². The van der Waals surface area contributed by atoms with Gasteiger partial charge in [-0.1, -0.05) is 36.2 Å². The Labute approximate surface area is 132 Å². The highest BCUT2D eigenvalue weighted by molar-refractivity contribution is 6.42. The number of nitrogens with zero attached hydrogens (tertiary/aromatic N) is 1. The molecule has 0 aromatic heterocycles. The third kappa shape index (κ3) is 3.30. The summed E-state index contributed by atoms with van der Waals surface area (Å²) in [6, 6.07) is 6.27. The molecule has 0 saturated heterocycles. The third-order valence-electron chi connectivity index (χ3n) is 4.66. The van der Waals surface area contributed by atoms with E-state index in [0.29, 0.717) is 21.6 Å². The molecule has 1 atom stereocenters. The lowest BCUT2D eigenvalue weighted by molar-refractivity contribution is 0.0569. The molecule has 4 heteroatoms. The van der Waals surface area contributed by atoms with E-state index in [9.17, 15) is 0 Å². The minimum Gasteiger partial charge on any atom is -0.308 e. The fourth-order valence-corrected chi connectivity index (χ4v) is 3.21. The van der Waals surface area contributed by atoms with E-state index < -0.39 is 0 Å². The lowest BCUT2D eigenvalue weighted by atomic mass is 9.75. The third-order valence-corrected chi connectivity index (χ3v) is 5.40. The summed E-state index contributed by atoms with van der Waals surface area (Å²) in [6.45, 7) is 3.22. The van der Waals surface area contributed by atoms with Gasteiger partial charge >= 0.3 is 0 Å². The van der Waals surface area contributed by atoms with Gasteiger partial charge in [0.25, 0.3) is 0 Å². The van der Waals surface area contributed by atoms with Crippen LogP contribution in [0, 0.1) is 0 Å². The van der Waals surface area contributed by atoms with Crippen molar-refractivity contribution in [3.63, 3.8) is 0 Å². The molecular weight excluding hydrogens is 291 g/mol. The first kappa shape index (κ1) is 16.1. The van der Waals surface area contributed by atoms with Gasteiger partial charge in [-0.05, 0) is 57.5 Å². The number of benzene rings is 1. The molecule has 1 aromatic carbocycles. The second-order valence-corrected chi connectivity index (χ2v) is 6.80. The smallest absolute Gasteiger partial charge is 0.0595 e. The summed E-state index contributed by atoms with van der Waals surface area (Å²) < 4.78 is 0. The topological polar surface area (TPSA) is 15.3 Å². The predicted molar refractivity (Wildman–Crippen MR) is 87.8 cm³/mol. The Morgan fingerprint density at radius 3 is 2.40 bits per heavy atom. The first-order chi connectivity index (χ1) is 9.48. The molecule has 1 N–H and O–H groups in total. The van der Waals surface area contributed by atoms with Gasteiger partial charge in [0.2, 0.25) is 0 Å². The Morgan fingerprint density at radius 2 is 1.95 bits per heavy atom. The van der Waals surface area contributed by atoms with Gasteiger partial charge in [-0.2, -0.15) is 0 Å². The van der Waals surface area contributed by atoms with E-state index in [-0.39, 0.29) is 0 Å². The standard InChI is InChI=1S/C16H24Cl2N2/c1-4-15(12-6-7-13(17)14(18)10-12)19-11-16(20(2)3)8-5-9-16/h6-7,10,15,19H,4-5,8-9,11H2,1-3H3. The molecule has 1 fully saturated rings. The number of halogens is 2. The molecule has 1 unspecified atom stereocenters. The van der Waals surface area contributed by atoms with E-state index in [4.69, 9.17) is 23.2 Å². The van der Waals surface area contributed by atoms with E-state index in [0.717, 1.165) is 13.0 Å². The Hall–Kier alpha value is -0.280. The van der Waals surface area contributed by atoms with Crippen LogP contribution in [-0.4, -0.2) is 31.1 Å². The predicted octanol–water partition coefficient (Wildman–Crippen LogP) is 4.52. The van der Waals surface area contributed by atoms with Crippen LogP contribution in [0.15, 0.2) is 18.2 Å². The minimum atomic E-state index is 0.335. The SMILES string of the molecule is CCC(NCC1(N(C)C)CCC1)c1ccc(Cl)c(Cl)c1. The summed E-state index contributed by atoms with van der Waals surface area (Å²) in [7, 11) is 4.36. The number of hydrogen-bond acceptors (Lipinski definition) is 2. The van der Waals surface area contributed by atoms with Crippen LogP contribution in [0.4, 0.5) is 0 Å². The lowest BCUT2D eigenvalue weighted by Crippen LogP contribution is -2.56. The number of nitrogens with one attached hydrogen (secondary N) is 1. The Morgan fingerprint density at radius 1 is 1.25 bits per heavy atom. The van der Waals surface area contributed by atoms with Crippen LogP contribution in [0.3, 0.4) is 0 Å². The zero-order chi connectivity index (χ0) is 14.8. The van der Waals surface area contributed by atoms with Crippen LogP contribution < -0.4 is 5.32 Å². The first-order valence-corrected chi connectivity index (χ1v) is 8.10. The molecule has 0 aliphatic heterocycles. The Bertz CT molecular complexity index is 456. The van der Waals surface area contributed by atoms with Crippen molar-refractivity contribution in [1.82, 2.24) is 10.2 Å². The highest BCUT2D eigenvalue weighted by Crippen LogP contribution is 2.36. The molecule has 0 radical (unpaired) electrons. The summed E-state index contributed by atoms with van der Waals surface area (Å²) in [4.78, 5) is 2.37. The maximum absolute atomic E-state index is 6.13. The van der Waals surface area contributed by atoms with Crippen molar-refractivity contribution >= 4 is 23.2 Å². The summed E-state index contributed by atoms with van der Waals surface area (Å²) in [5, 5.41) is 4.97. The zero-order valence-corrected chi connectivity index (χ0v) is 14.1. The van der Waals surface area contributed by atoms with Crippen LogP contribution in [0.25, 0.3) is 0 Å². The van der Waals surface area contributed by atoms with E-state index >= 15 is 0 Å². The quantitative estimate of drug-likeness (QED) is 0.830. The van der Waals surface area contributed by atoms with Crippen molar-refractivity contribution in [2.45, 2.75) is 44.2 Å². The second-order valence-electron chi connectivity index (χ2n) is 5.99. The summed E-state index contributed by atoms with van der Waals surface area (Å²) in [6.07, 6.45) is 4.94. The first-order valence-electron chi connectivity index (χ1n) is 7.34. The lowest BCUT2D eigenvalue weighted by Gasteiger charge is -2.48. The molecule has 2 nitrogen and oxygen atoms in total. The molecule has 20 heavy (non-hydrogen) atoms. The number of rotatable bonds is 6. The van der Waals surface area contributed by atoms with Gasteiger partial charge in [0.1, 0.15) is 0 Å². The van der Waals surface area contributed by atoms with E-state index in [1.165, 1.54) is 24.8 Å². The Kier molecular flexibility index (Phi) is 5.36. The summed E-state index contributed by atoms with van der Waals surface area (Å²) in [5.41, 5.74) is 1.55. The molecule has 112 valence electrons. The van der Waals surface area contributed by atoms with Gasteiger partial charge in [0, 0.05) is 18.1 Å². The van der Waals surface area contributed by atoms with Crippen LogP contribution in [-0.2, 0) is 0 Å². The molecule has 0 bridgehead atoms. The molecule has 2 rings (SSSR count). The fraction of sp³-hybridized carbons (Fsp3) is 0.625. The molecule has 0 amide bonds. The number of likely N-dealkylation sites (N-methyl/N-ethyl adjacent to an activating group) is 1. The summed E-state index contributed by atoms with van der Waals surface area (Å²) >= 11 is 12.1. The molecule has 1 aliphatic carbocycles. The van der Waals surface area contributed by atoms with Gasteiger partial charge in [-0.25, -0.2) is 0 Å². The van der Waals surface area contributed by atoms with E-state index in [1.54, 1.807) is 0 Å². The molecule has 0 spiro atoms. The van der Waals surface area contributed by atoms with Gasteiger partial charge in [-0.15, -0.1) is 0 Å². The van der Waals surface area contributed by atoms with Gasteiger partial charge < -0.3 is 10.2 Å². The minimum absolute atomic E-state index is 0.335. The highest BCUT2D eigenvalue weighted by Gasteiger charge is 2.38. The van der Waals surface area contributed by atoms with Crippen molar-refractivity contribution in [3.8, 4) is 0 Å². The maximum atomic E-state index is 6.13. The average molecular weight is 315 g/mol. The normalized spacial score (nSPS) is 18.9. The monoisotopic (exact) mass is 314 g/mol. The summed E-state index contributed by atoms with van der Waals surface area (Å²) in [5.74, 6) is 0. The largest absolute Gasteiger partial charge is 0.308 e. The molecule has 1 aromatic rings. The molecular formula is C16H24Cl2N2. The average Bonchev–Trinajstić information content (AvgIpc) is 2.36. The van der Waals surface area contributed by atoms with E-state index in [1.807, 2.05) is 12.1 Å². The Balaban J connectivity index is 2.03. The fourth-order valence-electron chi connectivity index (χ4n) is 2.91.